The molecule has 2 aliphatic heterocycles. The molecule has 6 rings (SSSR count). The lowest BCUT2D eigenvalue weighted by molar-refractivity contribution is 0.0783. The van der Waals surface area contributed by atoms with Gasteiger partial charge in [0.2, 0.25) is 5.95 Å². The average molecular weight is 571 g/mol. The van der Waals surface area contributed by atoms with Crippen LogP contribution in [0.25, 0.3) is 11.3 Å². The molecule has 41 heavy (non-hydrogen) atoms. The van der Waals surface area contributed by atoms with Crippen LogP contribution in [0.15, 0.2) is 77.9 Å². The maximum Gasteiger partial charge on any atom is 0.253 e. The molecule has 1 N–H and O–H groups in total. The van der Waals surface area contributed by atoms with E-state index in [0.29, 0.717) is 51.7 Å². The first kappa shape index (κ1) is 28.4. The normalized spacial score (nSPS) is 15.9. The van der Waals surface area contributed by atoms with Crippen molar-refractivity contribution in [1.29, 1.82) is 0 Å². The number of halogens is 2. The van der Waals surface area contributed by atoms with Crippen LogP contribution < -0.4 is 5.32 Å². The monoisotopic (exact) mass is 570 g/mol. The number of rotatable bonds is 5. The molecule has 1 saturated heterocycles. The number of aromatic nitrogens is 2. The van der Waals surface area contributed by atoms with Gasteiger partial charge in [0.1, 0.15) is 5.82 Å². The smallest absolute Gasteiger partial charge is 0.253 e. The van der Waals surface area contributed by atoms with Gasteiger partial charge in [-0.2, -0.15) is 0 Å². The highest BCUT2D eigenvalue weighted by Gasteiger charge is 2.28. The number of likely N-dealkylation sites (tertiary alicyclic amines) is 1. The number of likely N-dealkylation sites (N-methyl/N-ethyl adjacent to an activating group) is 1. The van der Waals surface area contributed by atoms with E-state index in [4.69, 9.17) is 21.6 Å². The SMILES string of the molecule is C.CN(C)C1CCN(C(=O)c2ccc(Nc3ncc4c(n3)-c3ccc(Cl)cc3C(c3ccccc3F)=NC4)cc2)C1. The van der Waals surface area contributed by atoms with Crippen LogP contribution in [-0.4, -0.2) is 64.6 Å². The molecule has 1 atom stereocenters. The predicted octanol–water partition coefficient (Wildman–Crippen LogP) is 6.44. The van der Waals surface area contributed by atoms with Crippen molar-refractivity contribution in [2.75, 3.05) is 32.5 Å². The zero-order valence-electron chi connectivity index (χ0n) is 22.2. The third kappa shape index (κ3) is 5.71. The first-order valence-electron chi connectivity index (χ1n) is 13.2. The fraction of sp³-hybridized carbons (Fsp3) is 0.250. The third-order valence-electron chi connectivity index (χ3n) is 7.46. The Balaban J connectivity index is 0.00000337. The molecule has 210 valence electrons. The molecule has 1 amide bonds. The van der Waals surface area contributed by atoms with Gasteiger partial charge < -0.3 is 15.1 Å². The molecule has 7 nitrogen and oxygen atoms in total. The molecular weight excluding hydrogens is 539 g/mol. The van der Waals surface area contributed by atoms with Gasteiger partial charge in [0.15, 0.2) is 0 Å². The number of fused-ring (bicyclic) bond motifs is 3. The Bertz CT molecular complexity index is 1620. The van der Waals surface area contributed by atoms with Crippen LogP contribution in [-0.2, 0) is 6.54 Å². The molecule has 3 aromatic carbocycles. The van der Waals surface area contributed by atoms with Crippen molar-refractivity contribution in [2.45, 2.75) is 26.4 Å². The summed E-state index contributed by atoms with van der Waals surface area (Å²) in [7, 11) is 4.10. The molecule has 4 aromatic rings. The van der Waals surface area contributed by atoms with E-state index in [1.807, 2.05) is 49.3 Å². The fourth-order valence-electron chi connectivity index (χ4n) is 5.22. The van der Waals surface area contributed by atoms with E-state index in [0.717, 1.165) is 36.3 Å². The number of amides is 1. The van der Waals surface area contributed by atoms with Crippen molar-refractivity contribution >= 4 is 34.9 Å². The van der Waals surface area contributed by atoms with Gasteiger partial charge in [-0.15, -0.1) is 0 Å². The predicted molar refractivity (Wildman–Crippen MR) is 163 cm³/mol. The van der Waals surface area contributed by atoms with Gasteiger partial charge in [-0.05, 0) is 69.0 Å². The van der Waals surface area contributed by atoms with Crippen molar-refractivity contribution in [3.8, 4) is 11.3 Å². The second-order valence-corrected chi connectivity index (χ2v) is 10.7. The van der Waals surface area contributed by atoms with Crippen LogP contribution in [0.2, 0.25) is 5.02 Å². The van der Waals surface area contributed by atoms with Crippen molar-refractivity contribution in [1.82, 2.24) is 19.8 Å². The van der Waals surface area contributed by atoms with Crippen molar-refractivity contribution in [2.24, 2.45) is 4.99 Å². The minimum absolute atomic E-state index is 0. The molecule has 0 spiro atoms. The summed E-state index contributed by atoms with van der Waals surface area (Å²) < 4.78 is 14.8. The Hall–Kier alpha value is -4.14. The number of carbonyl (C=O) groups is 1. The molecule has 1 aromatic heterocycles. The number of nitrogens with one attached hydrogen (secondary N) is 1. The lowest BCUT2D eigenvalue weighted by Crippen LogP contribution is -2.34. The Kier molecular flexibility index (Phi) is 8.15. The minimum Gasteiger partial charge on any atom is -0.337 e. The summed E-state index contributed by atoms with van der Waals surface area (Å²) in [4.78, 5) is 31.1. The number of benzene rings is 3. The average Bonchev–Trinajstić information content (AvgIpc) is 3.40. The molecule has 9 heteroatoms. The molecule has 2 aliphatic rings. The summed E-state index contributed by atoms with van der Waals surface area (Å²) in [6.45, 7) is 1.80. The van der Waals surface area contributed by atoms with Crippen molar-refractivity contribution in [3.05, 3.63) is 106 Å². The zero-order valence-corrected chi connectivity index (χ0v) is 23.0. The van der Waals surface area contributed by atoms with Crippen LogP contribution in [0.5, 0.6) is 0 Å². The molecule has 0 bridgehead atoms. The summed E-state index contributed by atoms with van der Waals surface area (Å²) in [6.07, 6.45) is 2.72. The summed E-state index contributed by atoms with van der Waals surface area (Å²) >= 11 is 6.36. The van der Waals surface area contributed by atoms with Crippen LogP contribution in [0.3, 0.4) is 0 Å². The van der Waals surface area contributed by atoms with Crippen LogP contribution >= 0.6 is 11.6 Å². The van der Waals surface area contributed by atoms with E-state index in [-0.39, 0.29) is 19.2 Å². The highest BCUT2D eigenvalue weighted by atomic mass is 35.5. The molecule has 1 unspecified atom stereocenters. The van der Waals surface area contributed by atoms with Crippen molar-refractivity contribution < 1.29 is 9.18 Å². The van der Waals surface area contributed by atoms with E-state index < -0.39 is 0 Å². The second kappa shape index (κ2) is 11.8. The highest BCUT2D eigenvalue weighted by Crippen LogP contribution is 2.34. The number of carbonyl (C=O) groups excluding carboxylic acids is 1. The number of aliphatic imine (C=N–C) groups is 1. The van der Waals surface area contributed by atoms with Gasteiger partial charge in [0, 0.05) is 63.9 Å². The Morgan fingerprint density at radius 2 is 1.83 bits per heavy atom. The van der Waals surface area contributed by atoms with E-state index in [9.17, 15) is 9.18 Å². The van der Waals surface area contributed by atoms with Crippen LogP contribution in [0.1, 0.15) is 40.9 Å². The van der Waals surface area contributed by atoms with Gasteiger partial charge in [0.05, 0.1) is 18.0 Å². The first-order chi connectivity index (χ1) is 19.4. The Morgan fingerprint density at radius 3 is 2.56 bits per heavy atom. The number of anilines is 2. The maximum absolute atomic E-state index is 14.8. The van der Waals surface area contributed by atoms with E-state index in [1.165, 1.54) is 6.07 Å². The summed E-state index contributed by atoms with van der Waals surface area (Å²) in [6, 6.07) is 19.8. The standard InChI is InChI=1S/C31H28ClFN6O.CH4/c1-38(2)23-13-14-39(18-23)30(40)19-7-10-22(11-8-19)36-31-35-17-20-16-34-29(25-5-3-4-6-27(25)33)26-15-21(32)9-12-24(26)28(20)37-31;/h3-12,15,17,23H,13-14,16,18H2,1-2H3,(H,35,36,37);1H4. The quantitative estimate of drug-likeness (QED) is 0.299. The third-order valence-corrected chi connectivity index (χ3v) is 7.70. The zero-order chi connectivity index (χ0) is 27.8. The molecule has 3 heterocycles. The van der Waals surface area contributed by atoms with Crippen molar-refractivity contribution in [3.63, 3.8) is 0 Å². The lowest BCUT2D eigenvalue weighted by atomic mass is 9.95. The lowest BCUT2D eigenvalue weighted by Gasteiger charge is -2.20. The summed E-state index contributed by atoms with van der Waals surface area (Å²) in [5.74, 6) is 0.0929. The van der Waals surface area contributed by atoms with E-state index in [2.05, 4.69) is 15.2 Å². The topological polar surface area (TPSA) is 73.7 Å². The summed E-state index contributed by atoms with van der Waals surface area (Å²) in [5, 5.41) is 3.78. The Labute approximate surface area is 244 Å². The van der Waals surface area contributed by atoms with Gasteiger partial charge in [-0.1, -0.05) is 37.2 Å². The van der Waals surface area contributed by atoms with Gasteiger partial charge in [0.25, 0.3) is 5.91 Å². The first-order valence-corrected chi connectivity index (χ1v) is 13.5. The highest BCUT2D eigenvalue weighted by molar-refractivity contribution is 6.31. The van der Waals surface area contributed by atoms with E-state index in [1.54, 1.807) is 36.5 Å². The Morgan fingerprint density at radius 1 is 1.05 bits per heavy atom. The maximum atomic E-state index is 14.8. The number of hydrogen-bond donors (Lipinski definition) is 1. The molecule has 0 radical (unpaired) electrons. The number of hydrogen-bond acceptors (Lipinski definition) is 6. The molecule has 0 aliphatic carbocycles. The molecule has 1 fully saturated rings. The van der Waals surface area contributed by atoms with Gasteiger partial charge >= 0.3 is 0 Å². The second-order valence-electron chi connectivity index (χ2n) is 10.3. The van der Waals surface area contributed by atoms with Gasteiger partial charge in [-0.25, -0.2) is 14.4 Å². The van der Waals surface area contributed by atoms with Gasteiger partial charge in [-0.3, -0.25) is 9.79 Å². The van der Waals surface area contributed by atoms with Crippen LogP contribution in [0.4, 0.5) is 16.0 Å². The van der Waals surface area contributed by atoms with E-state index >= 15 is 0 Å². The minimum atomic E-state index is -0.351. The summed E-state index contributed by atoms with van der Waals surface area (Å²) in [5.41, 5.74) is 5.38. The molecular formula is C32H32ClFN6O. The number of nitrogens with zero attached hydrogens (tertiary/aromatic N) is 5. The fourth-order valence-corrected chi connectivity index (χ4v) is 5.40. The van der Waals surface area contributed by atoms with Crippen LogP contribution in [0, 0.1) is 5.82 Å². The molecule has 0 saturated carbocycles. The largest absolute Gasteiger partial charge is 0.337 e.